The first-order chi connectivity index (χ1) is 10.8. The number of ether oxygens (including phenoxy) is 1. The molecule has 4 nitrogen and oxygen atoms in total. The van der Waals surface area contributed by atoms with Crippen LogP contribution >= 0.6 is 0 Å². The summed E-state index contributed by atoms with van der Waals surface area (Å²) in [6, 6.07) is 11.9. The van der Waals surface area contributed by atoms with Gasteiger partial charge in [-0.2, -0.15) is 5.26 Å². The predicted octanol–water partition coefficient (Wildman–Crippen LogP) is 2.75. The van der Waals surface area contributed by atoms with Crippen LogP contribution in [0, 0.1) is 17.1 Å². The lowest BCUT2D eigenvalue weighted by atomic mass is 10.0. The molecule has 22 heavy (non-hydrogen) atoms. The molecule has 3 rings (SSSR count). The minimum atomic E-state index is -0.435. The average Bonchev–Trinajstić information content (AvgIpc) is 3.08. The van der Waals surface area contributed by atoms with Crippen molar-refractivity contribution >= 4 is 0 Å². The minimum absolute atomic E-state index is 0.0942. The molecule has 0 saturated carbocycles. The maximum atomic E-state index is 13.8. The molecule has 1 aliphatic rings. The molecule has 0 spiro atoms. The van der Waals surface area contributed by atoms with Gasteiger partial charge in [-0.1, -0.05) is 12.1 Å². The Balaban J connectivity index is 1.69. The van der Waals surface area contributed by atoms with Gasteiger partial charge in [0.1, 0.15) is 12.4 Å². The zero-order valence-corrected chi connectivity index (χ0v) is 12.1. The van der Waals surface area contributed by atoms with Gasteiger partial charge in [0.15, 0.2) is 0 Å². The van der Waals surface area contributed by atoms with Crippen molar-refractivity contribution in [2.75, 3.05) is 13.1 Å². The third kappa shape index (κ3) is 3.23. The maximum absolute atomic E-state index is 13.8. The summed E-state index contributed by atoms with van der Waals surface area (Å²) in [5.74, 6) is 0.471. The van der Waals surface area contributed by atoms with E-state index in [-0.39, 0.29) is 6.61 Å². The summed E-state index contributed by atoms with van der Waals surface area (Å²) in [4.78, 5) is 4.50. The maximum Gasteiger partial charge on any atom is 0.213 e. The third-order valence-electron chi connectivity index (χ3n) is 3.78. The SMILES string of the molecule is N#Cc1ccc(COc2cccc(C3CCNC3)n2)c(F)c1. The van der Waals surface area contributed by atoms with E-state index in [1.165, 1.54) is 6.07 Å². The highest BCUT2D eigenvalue weighted by Crippen LogP contribution is 2.22. The van der Waals surface area contributed by atoms with Crippen molar-refractivity contribution < 1.29 is 9.13 Å². The smallest absolute Gasteiger partial charge is 0.213 e. The van der Waals surface area contributed by atoms with E-state index in [0.29, 0.717) is 22.9 Å². The zero-order valence-electron chi connectivity index (χ0n) is 12.1. The van der Waals surface area contributed by atoms with Gasteiger partial charge < -0.3 is 10.1 Å². The molecular formula is C17H16FN3O. The van der Waals surface area contributed by atoms with Crippen molar-refractivity contribution in [1.82, 2.24) is 10.3 Å². The molecule has 1 aromatic carbocycles. The van der Waals surface area contributed by atoms with E-state index in [0.717, 1.165) is 25.2 Å². The summed E-state index contributed by atoms with van der Waals surface area (Å²) in [5.41, 5.74) is 1.71. The summed E-state index contributed by atoms with van der Waals surface area (Å²) in [5, 5.41) is 12.0. The Morgan fingerprint density at radius 3 is 3.00 bits per heavy atom. The number of aromatic nitrogens is 1. The van der Waals surface area contributed by atoms with Crippen LogP contribution in [0.15, 0.2) is 36.4 Å². The number of nitriles is 1. The lowest BCUT2D eigenvalue weighted by Gasteiger charge is -2.11. The largest absolute Gasteiger partial charge is 0.473 e. The lowest BCUT2D eigenvalue weighted by Crippen LogP contribution is -2.09. The standard InChI is InChI=1S/C17H16FN3O/c18-15-8-12(9-19)4-5-14(15)11-22-17-3-1-2-16(21-17)13-6-7-20-10-13/h1-5,8,13,20H,6-7,10-11H2. The van der Waals surface area contributed by atoms with Gasteiger partial charge in [0, 0.05) is 29.8 Å². The van der Waals surface area contributed by atoms with E-state index in [1.54, 1.807) is 18.2 Å². The van der Waals surface area contributed by atoms with E-state index < -0.39 is 5.82 Å². The highest BCUT2D eigenvalue weighted by Gasteiger charge is 2.18. The fraction of sp³-hybridized carbons (Fsp3) is 0.294. The van der Waals surface area contributed by atoms with E-state index in [1.807, 2.05) is 18.2 Å². The van der Waals surface area contributed by atoms with E-state index >= 15 is 0 Å². The van der Waals surface area contributed by atoms with Crippen LogP contribution in [0.3, 0.4) is 0 Å². The van der Waals surface area contributed by atoms with E-state index in [9.17, 15) is 4.39 Å². The van der Waals surface area contributed by atoms with Crippen LogP contribution in [0.1, 0.15) is 29.2 Å². The number of benzene rings is 1. The second-order valence-corrected chi connectivity index (χ2v) is 5.30. The molecule has 5 heteroatoms. The van der Waals surface area contributed by atoms with Gasteiger partial charge in [0.05, 0.1) is 11.6 Å². The van der Waals surface area contributed by atoms with Crippen molar-refractivity contribution in [2.45, 2.75) is 18.9 Å². The fourth-order valence-electron chi connectivity index (χ4n) is 2.53. The molecular weight excluding hydrogens is 281 g/mol. The molecule has 1 atom stereocenters. The number of pyridine rings is 1. The summed E-state index contributed by atoms with van der Waals surface area (Å²) in [7, 11) is 0. The minimum Gasteiger partial charge on any atom is -0.473 e. The van der Waals surface area contributed by atoms with Gasteiger partial charge >= 0.3 is 0 Å². The van der Waals surface area contributed by atoms with Gasteiger partial charge in [0.25, 0.3) is 0 Å². The Kier molecular flexibility index (Phi) is 4.31. The fourth-order valence-corrected chi connectivity index (χ4v) is 2.53. The van der Waals surface area contributed by atoms with Crippen LogP contribution < -0.4 is 10.1 Å². The first kappa shape index (κ1) is 14.5. The summed E-state index contributed by atoms with van der Waals surface area (Å²) >= 11 is 0. The molecule has 1 aliphatic heterocycles. The predicted molar refractivity (Wildman–Crippen MR) is 79.9 cm³/mol. The quantitative estimate of drug-likeness (QED) is 0.942. The number of halogens is 1. The topological polar surface area (TPSA) is 57.9 Å². The summed E-state index contributed by atoms with van der Waals surface area (Å²) in [6.45, 7) is 2.03. The zero-order chi connectivity index (χ0) is 15.4. The summed E-state index contributed by atoms with van der Waals surface area (Å²) < 4.78 is 19.4. The molecule has 0 aliphatic carbocycles. The van der Waals surface area contributed by atoms with E-state index in [2.05, 4.69) is 10.3 Å². The van der Waals surface area contributed by atoms with Crippen LogP contribution in [-0.2, 0) is 6.61 Å². The first-order valence-corrected chi connectivity index (χ1v) is 7.25. The first-order valence-electron chi connectivity index (χ1n) is 7.25. The Hall–Kier alpha value is -2.45. The van der Waals surface area contributed by atoms with Crippen LogP contribution in [0.4, 0.5) is 4.39 Å². The molecule has 0 radical (unpaired) electrons. The molecule has 112 valence electrons. The Morgan fingerprint density at radius 2 is 2.27 bits per heavy atom. The molecule has 1 N–H and O–H groups in total. The number of rotatable bonds is 4. The van der Waals surface area contributed by atoms with Crippen molar-refractivity contribution in [3.8, 4) is 11.9 Å². The van der Waals surface area contributed by atoms with Crippen LogP contribution in [0.25, 0.3) is 0 Å². The molecule has 1 saturated heterocycles. The van der Waals surface area contributed by atoms with Gasteiger partial charge in [-0.05, 0) is 31.2 Å². The number of nitrogens with one attached hydrogen (secondary N) is 1. The normalized spacial score (nSPS) is 17.2. The molecule has 1 fully saturated rings. The molecule has 2 heterocycles. The van der Waals surface area contributed by atoms with Crippen molar-refractivity contribution in [3.05, 3.63) is 59.0 Å². The Morgan fingerprint density at radius 1 is 1.36 bits per heavy atom. The lowest BCUT2D eigenvalue weighted by molar-refractivity contribution is 0.287. The molecule has 0 amide bonds. The van der Waals surface area contributed by atoms with Crippen LogP contribution in [-0.4, -0.2) is 18.1 Å². The second kappa shape index (κ2) is 6.54. The number of nitrogens with zero attached hydrogens (tertiary/aromatic N) is 2. The molecule has 0 bridgehead atoms. The highest BCUT2D eigenvalue weighted by atomic mass is 19.1. The van der Waals surface area contributed by atoms with Crippen LogP contribution in [0.2, 0.25) is 0 Å². The second-order valence-electron chi connectivity index (χ2n) is 5.30. The Labute approximate surface area is 128 Å². The number of hydrogen-bond donors (Lipinski definition) is 1. The van der Waals surface area contributed by atoms with E-state index in [4.69, 9.17) is 10.00 Å². The van der Waals surface area contributed by atoms with Gasteiger partial charge in [-0.3, -0.25) is 0 Å². The molecule has 1 aromatic heterocycles. The van der Waals surface area contributed by atoms with Gasteiger partial charge in [0.2, 0.25) is 5.88 Å². The van der Waals surface area contributed by atoms with Crippen molar-refractivity contribution in [3.63, 3.8) is 0 Å². The number of hydrogen-bond acceptors (Lipinski definition) is 4. The summed E-state index contributed by atoms with van der Waals surface area (Å²) in [6.07, 6.45) is 1.07. The van der Waals surface area contributed by atoms with Crippen LogP contribution in [0.5, 0.6) is 5.88 Å². The monoisotopic (exact) mass is 297 g/mol. The average molecular weight is 297 g/mol. The van der Waals surface area contributed by atoms with Crippen molar-refractivity contribution in [2.24, 2.45) is 0 Å². The Bertz CT molecular complexity index is 705. The molecule has 1 unspecified atom stereocenters. The molecule has 2 aromatic rings. The highest BCUT2D eigenvalue weighted by molar-refractivity contribution is 5.32. The van der Waals surface area contributed by atoms with Gasteiger partial charge in [-0.15, -0.1) is 0 Å². The van der Waals surface area contributed by atoms with Gasteiger partial charge in [-0.25, -0.2) is 9.37 Å². The third-order valence-corrected chi connectivity index (χ3v) is 3.78. The van der Waals surface area contributed by atoms with Crippen molar-refractivity contribution in [1.29, 1.82) is 5.26 Å².